The van der Waals surface area contributed by atoms with E-state index in [2.05, 4.69) is 15.6 Å². The summed E-state index contributed by atoms with van der Waals surface area (Å²) in [5.41, 5.74) is 1.03. The van der Waals surface area contributed by atoms with Crippen molar-refractivity contribution in [3.63, 3.8) is 0 Å². The van der Waals surface area contributed by atoms with Gasteiger partial charge in [-0.1, -0.05) is 52.1 Å². The first-order valence-corrected chi connectivity index (χ1v) is 9.46. The molecular weight excluding hydrogens is 441 g/mol. The highest BCUT2D eigenvalue weighted by Crippen LogP contribution is 2.31. The zero-order valence-electron chi connectivity index (χ0n) is 15.0. The average molecular weight is 455 g/mol. The number of nitrogens with zero attached hydrogens (tertiary/aromatic N) is 4. The van der Waals surface area contributed by atoms with Crippen LogP contribution in [0.1, 0.15) is 6.92 Å². The summed E-state index contributed by atoms with van der Waals surface area (Å²) in [6, 6.07) is 13.8. The van der Waals surface area contributed by atoms with Crippen LogP contribution in [0.3, 0.4) is 0 Å². The van der Waals surface area contributed by atoms with Gasteiger partial charge in [-0.25, -0.2) is 0 Å². The SMILES string of the molecule is CCOc1ccc(NC(=C(C(Cl)=C(Cl)Cl)[N+](=O)[O-])n2nnc3ccccc32)cc1. The van der Waals surface area contributed by atoms with E-state index in [-0.39, 0.29) is 5.82 Å². The second kappa shape index (κ2) is 9.13. The van der Waals surface area contributed by atoms with Gasteiger partial charge in [-0.2, -0.15) is 4.68 Å². The Morgan fingerprint density at radius 2 is 1.86 bits per heavy atom. The minimum atomic E-state index is -0.694. The number of rotatable bonds is 7. The number of hydrogen-bond donors (Lipinski definition) is 1. The first-order valence-electron chi connectivity index (χ1n) is 8.33. The second-order valence-electron chi connectivity index (χ2n) is 5.60. The lowest BCUT2D eigenvalue weighted by atomic mass is 10.3. The first-order chi connectivity index (χ1) is 13.9. The van der Waals surface area contributed by atoms with Crippen molar-refractivity contribution in [2.45, 2.75) is 6.92 Å². The summed E-state index contributed by atoms with van der Waals surface area (Å²) >= 11 is 17.5. The lowest BCUT2D eigenvalue weighted by Crippen LogP contribution is -2.16. The van der Waals surface area contributed by atoms with E-state index in [1.165, 1.54) is 4.68 Å². The van der Waals surface area contributed by atoms with Crippen LogP contribution in [0.15, 0.2) is 63.8 Å². The fourth-order valence-electron chi connectivity index (χ4n) is 2.54. The number of aromatic nitrogens is 3. The molecule has 150 valence electrons. The Bertz CT molecular complexity index is 1110. The molecule has 0 unspecified atom stereocenters. The Labute approximate surface area is 180 Å². The Hall–Kier alpha value is -2.81. The molecule has 3 aromatic rings. The van der Waals surface area contributed by atoms with Gasteiger partial charge in [-0.15, -0.1) is 5.10 Å². The van der Waals surface area contributed by atoms with Gasteiger partial charge in [0, 0.05) is 5.69 Å². The third kappa shape index (κ3) is 4.61. The van der Waals surface area contributed by atoms with Gasteiger partial charge in [0.2, 0.25) is 5.82 Å². The van der Waals surface area contributed by atoms with E-state index in [9.17, 15) is 10.1 Å². The Balaban J connectivity index is 2.20. The van der Waals surface area contributed by atoms with E-state index < -0.39 is 20.1 Å². The van der Waals surface area contributed by atoms with Crippen molar-refractivity contribution in [2.75, 3.05) is 11.9 Å². The molecule has 29 heavy (non-hydrogen) atoms. The van der Waals surface area contributed by atoms with Crippen molar-refractivity contribution >= 4 is 57.3 Å². The molecule has 0 saturated carbocycles. The van der Waals surface area contributed by atoms with E-state index in [4.69, 9.17) is 39.5 Å². The monoisotopic (exact) mass is 453 g/mol. The van der Waals surface area contributed by atoms with E-state index in [0.29, 0.717) is 29.1 Å². The van der Waals surface area contributed by atoms with Crippen molar-refractivity contribution < 1.29 is 9.66 Å². The molecule has 0 aliphatic carbocycles. The number of anilines is 1. The third-order valence-electron chi connectivity index (χ3n) is 3.77. The van der Waals surface area contributed by atoms with Gasteiger partial charge in [0.15, 0.2) is 5.03 Å². The van der Waals surface area contributed by atoms with Crippen LogP contribution in [0.5, 0.6) is 5.75 Å². The van der Waals surface area contributed by atoms with Crippen molar-refractivity contribution in [1.29, 1.82) is 0 Å². The van der Waals surface area contributed by atoms with Crippen LogP contribution in [0.25, 0.3) is 16.9 Å². The van der Waals surface area contributed by atoms with Crippen LogP contribution < -0.4 is 10.1 Å². The number of para-hydroxylation sites is 1. The van der Waals surface area contributed by atoms with Crippen LogP contribution in [0, 0.1) is 10.1 Å². The van der Waals surface area contributed by atoms with Gasteiger partial charge in [-0.05, 0) is 43.3 Å². The summed E-state index contributed by atoms with van der Waals surface area (Å²) in [5, 5.41) is 22.4. The molecule has 0 amide bonds. The molecule has 1 N–H and O–H groups in total. The van der Waals surface area contributed by atoms with Crippen LogP contribution >= 0.6 is 34.8 Å². The smallest absolute Gasteiger partial charge is 0.332 e. The fraction of sp³-hybridized carbons (Fsp3) is 0.111. The van der Waals surface area contributed by atoms with Gasteiger partial charge in [0.1, 0.15) is 15.8 Å². The maximum Gasteiger partial charge on any atom is 0.332 e. The normalized spacial score (nSPS) is 11.7. The molecule has 1 heterocycles. The molecule has 3 rings (SSSR count). The maximum absolute atomic E-state index is 11.8. The fourth-order valence-corrected chi connectivity index (χ4v) is 2.88. The summed E-state index contributed by atoms with van der Waals surface area (Å²) in [6.07, 6.45) is 0. The predicted octanol–water partition coefficient (Wildman–Crippen LogP) is 5.23. The number of nitro groups is 1. The van der Waals surface area contributed by atoms with Gasteiger partial charge in [-0.3, -0.25) is 10.1 Å². The molecule has 2 aromatic carbocycles. The second-order valence-corrected chi connectivity index (χ2v) is 6.93. The highest BCUT2D eigenvalue weighted by atomic mass is 35.5. The van der Waals surface area contributed by atoms with Crippen LogP contribution in [-0.4, -0.2) is 26.5 Å². The third-order valence-corrected chi connectivity index (χ3v) is 4.71. The van der Waals surface area contributed by atoms with Crippen LogP contribution in [0.2, 0.25) is 0 Å². The largest absolute Gasteiger partial charge is 0.494 e. The highest BCUT2D eigenvalue weighted by molar-refractivity contribution is 6.59. The summed E-state index contributed by atoms with van der Waals surface area (Å²) in [5.74, 6) is 0.586. The highest BCUT2D eigenvalue weighted by Gasteiger charge is 2.28. The zero-order valence-corrected chi connectivity index (χ0v) is 17.2. The topological polar surface area (TPSA) is 95.1 Å². The number of ether oxygens (including phenoxy) is 1. The van der Waals surface area contributed by atoms with Gasteiger partial charge in [0.05, 0.1) is 17.0 Å². The molecule has 0 saturated heterocycles. The molecule has 0 spiro atoms. The average Bonchev–Trinajstić information content (AvgIpc) is 3.12. The minimum absolute atomic E-state index is 0.0725. The van der Waals surface area contributed by atoms with Crippen molar-refractivity contribution in [3.8, 4) is 5.75 Å². The summed E-state index contributed by atoms with van der Waals surface area (Å²) < 4.78 is 6.23. The van der Waals surface area contributed by atoms with Gasteiger partial charge in [0.25, 0.3) is 0 Å². The number of benzene rings is 2. The van der Waals surface area contributed by atoms with Crippen LogP contribution in [0.4, 0.5) is 5.69 Å². The maximum atomic E-state index is 11.8. The van der Waals surface area contributed by atoms with Gasteiger partial charge >= 0.3 is 5.70 Å². The van der Waals surface area contributed by atoms with Crippen molar-refractivity contribution in [3.05, 3.63) is 73.9 Å². The standard InChI is InChI=1S/C18H14Cl3N5O3/c1-2-29-12-9-7-11(8-10-12)22-18(16(26(27)28)15(19)17(20)21)25-14-6-4-3-5-13(14)23-24-25/h3-10,22H,2H2,1H3. The molecule has 0 aliphatic heterocycles. The lowest BCUT2D eigenvalue weighted by Gasteiger charge is -2.13. The quantitative estimate of drug-likeness (QED) is 0.298. The number of hydrogen-bond acceptors (Lipinski definition) is 6. The summed E-state index contributed by atoms with van der Waals surface area (Å²) in [6.45, 7) is 2.39. The molecule has 8 nitrogen and oxygen atoms in total. The van der Waals surface area contributed by atoms with E-state index in [1.807, 2.05) is 6.92 Å². The summed E-state index contributed by atoms with van der Waals surface area (Å²) in [4.78, 5) is 11.1. The number of halogens is 3. The lowest BCUT2D eigenvalue weighted by molar-refractivity contribution is -0.419. The molecule has 0 radical (unpaired) electrons. The van der Waals surface area contributed by atoms with Crippen molar-refractivity contribution in [1.82, 2.24) is 15.0 Å². The minimum Gasteiger partial charge on any atom is -0.494 e. The molecule has 0 fully saturated rings. The molecule has 11 heteroatoms. The van der Waals surface area contributed by atoms with E-state index in [1.54, 1.807) is 48.5 Å². The molecule has 0 aliphatic rings. The molecule has 0 atom stereocenters. The number of allylic oxidation sites excluding steroid dienone is 1. The van der Waals surface area contributed by atoms with Crippen LogP contribution in [-0.2, 0) is 0 Å². The predicted molar refractivity (Wildman–Crippen MR) is 114 cm³/mol. The number of fused-ring (bicyclic) bond motifs is 1. The van der Waals surface area contributed by atoms with Gasteiger partial charge < -0.3 is 10.1 Å². The Morgan fingerprint density at radius 1 is 1.17 bits per heavy atom. The van der Waals surface area contributed by atoms with Crippen molar-refractivity contribution in [2.24, 2.45) is 0 Å². The Kier molecular flexibility index (Phi) is 6.58. The summed E-state index contributed by atoms with van der Waals surface area (Å²) in [7, 11) is 0. The van der Waals surface area contributed by atoms with E-state index in [0.717, 1.165) is 0 Å². The first kappa shape index (κ1) is 20.9. The molecule has 0 bridgehead atoms. The molecule has 1 aromatic heterocycles. The molecular formula is C18H14Cl3N5O3. The zero-order chi connectivity index (χ0) is 21.0. The number of nitrogens with one attached hydrogen (secondary N) is 1. The van der Waals surface area contributed by atoms with E-state index >= 15 is 0 Å². The Morgan fingerprint density at radius 3 is 2.48 bits per heavy atom.